The molecule has 0 aromatic rings. The van der Waals surface area contributed by atoms with Gasteiger partial charge in [-0.15, -0.1) is 0 Å². The summed E-state index contributed by atoms with van der Waals surface area (Å²) in [5, 5.41) is 0. The number of hydrogen-bond acceptors (Lipinski definition) is 2. The van der Waals surface area contributed by atoms with E-state index in [1.807, 2.05) is 6.92 Å². The van der Waals surface area contributed by atoms with Gasteiger partial charge in [0.2, 0.25) is 5.91 Å². The van der Waals surface area contributed by atoms with E-state index in [9.17, 15) is 4.79 Å². The second-order valence-electron chi connectivity index (χ2n) is 6.41. The number of likely N-dealkylation sites (tertiary alicyclic amines) is 1. The molecule has 2 fully saturated rings. The molecule has 3 heteroatoms. The fraction of sp³-hybridized carbons (Fsp3) is 0.933. The minimum atomic E-state index is -0.00840. The Kier molecular flexibility index (Phi) is 4.66. The standard InChI is InChI=1S/C15H28N2O/c1-13(11-16)14(18)17-10-6-9-15(12-17)7-4-2-3-5-8-15/h13H,2-12,16H2,1H3. The Morgan fingerprint density at radius 2 is 1.78 bits per heavy atom. The number of hydrogen-bond donors (Lipinski definition) is 1. The molecule has 1 unspecified atom stereocenters. The molecule has 1 amide bonds. The molecule has 1 spiro atoms. The molecule has 1 heterocycles. The van der Waals surface area contributed by atoms with Gasteiger partial charge < -0.3 is 10.6 Å². The van der Waals surface area contributed by atoms with E-state index in [0.29, 0.717) is 12.0 Å². The van der Waals surface area contributed by atoms with Crippen molar-refractivity contribution in [3.63, 3.8) is 0 Å². The van der Waals surface area contributed by atoms with Crippen LogP contribution in [0.2, 0.25) is 0 Å². The zero-order valence-electron chi connectivity index (χ0n) is 11.8. The molecule has 2 N–H and O–H groups in total. The minimum absolute atomic E-state index is 0.00840. The van der Waals surface area contributed by atoms with Gasteiger partial charge in [0.1, 0.15) is 0 Å². The molecule has 1 atom stereocenters. The normalized spacial score (nSPS) is 25.8. The smallest absolute Gasteiger partial charge is 0.226 e. The van der Waals surface area contributed by atoms with Crippen LogP contribution < -0.4 is 5.73 Å². The first-order chi connectivity index (χ1) is 8.67. The third kappa shape index (κ3) is 3.05. The molecule has 0 aromatic carbocycles. The van der Waals surface area contributed by atoms with E-state index in [4.69, 9.17) is 5.73 Å². The fourth-order valence-electron chi connectivity index (χ4n) is 3.70. The summed E-state index contributed by atoms with van der Waals surface area (Å²) in [7, 11) is 0. The summed E-state index contributed by atoms with van der Waals surface area (Å²) in [6.07, 6.45) is 10.6. The molecule has 1 aliphatic heterocycles. The largest absolute Gasteiger partial charge is 0.342 e. The number of nitrogens with two attached hydrogens (primary N) is 1. The fourth-order valence-corrected chi connectivity index (χ4v) is 3.70. The summed E-state index contributed by atoms with van der Waals surface area (Å²) in [6.45, 7) is 4.38. The minimum Gasteiger partial charge on any atom is -0.342 e. The maximum atomic E-state index is 12.3. The SMILES string of the molecule is CC(CN)C(=O)N1CCCC2(CCCCCC2)C1. The van der Waals surface area contributed by atoms with Crippen molar-refractivity contribution in [3.8, 4) is 0 Å². The highest BCUT2D eigenvalue weighted by Gasteiger charge is 2.37. The van der Waals surface area contributed by atoms with Gasteiger partial charge in [-0.3, -0.25) is 4.79 Å². The Labute approximate surface area is 111 Å². The van der Waals surface area contributed by atoms with E-state index >= 15 is 0 Å². The average molecular weight is 252 g/mol. The van der Waals surface area contributed by atoms with E-state index in [0.717, 1.165) is 13.1 Å². The van der Waals surface area contributed by atoms with Crippen LogP contribution in [0.4, 0.5) is 0 Å². The summed E-state index contributed by atoms with van der Waals surface area (Å²) in [4.78, 5) is 14.4. The molecule has 0 radical (unpaired) electrons. The monoisotopic (exact) mass is 252 g/mol. The summed E-state index contributed by atoms with van der Waals surface area (Å²) in [5.41, 5.74) is 6.07. The lowest BCUT2D eigenvalue weighted by molar-refractivity contribution is -0.138. The molecule has 0 bridgehead atoms. The van der Waals surface area contributed by atoms with Gasteiger partial charge in [0, 0.05) is 25.6 Å². The van der Waals surface area contributed by atoms with Gasteiger partial charge in [-0.05, 0) is 31.1 Å². The Hall–Kier alpha value is -0.570. The Balaban J connectivity index is 2.00. The molecule has 1 saturated heterocycles. The number of rotatable bonds is 2. The summed E-state index contributed by atoms with van der Waals surface area (Å²) in [6, 6.07) is 0. The molecule has 0 aromatic heterocycles. The molecule has 1 saturated carbocycles. The molecule has 18 heavy (non-hydrogen) atoms. The van der Waals surface area contributed by atoms with Gasteiger partial charge in [0.05, 0.1) is 0 Å². The topological polar surface area (TPSA) is 46.3 Å². The van der Waals surface area contributed by atoms with Gasteiger partial charge in [-0.1, -0.05) is 32.6 Å². The van der Waals surface area contributed by atoms with Crippen LogP contribution in [-0.4, -0.2) is 30.4 Å². The van der Waals surface area contributed by atoms with Crippen LogP contribution in [0, 0.1) is 11.3 Å². The predicted octanol–water partition coefficient (Wildman–Crippen LogP) is 2.54. The summed E-state index contributed by atoms with van der Waals surface area (Å²) in [5.74, 6) is 0.270. The van der Waals surface area contributed by atoms with Gasteiger partial charge >= 0.3 is 0 Å². The van der Waals surface area contributed by atoms with Crippen molar-refractivity contribution in [1.82, 2.24) is 4.90 Å². The summed E-state index contributed by atoms with van der Waals surface area (Å²) < 4.78 is 0. The predicted molar refractivity (Wildman–Crippen MR) is 74.2 cm³/mol. The quantitative estimate of drug-likeness (QED) is 0.821. The number of carbonyl (C=O) groups is 1. The Bertz CT molecular complexity index is 282. The van der Waals surface area contributed by atoms with Gasteiger partial charge in [0.25, 0.3) is 0 Å². The van der Waals surface area contributed by atoms with E-state index in [1.165, 1.54) is 51.4 Å². The van der Waals surface area contributed by atoms with Gasteiger partial charge in [-0.25, -0.2) is 0 Å². The molecule has 3 nitrogen and oxygen atoms in total. The van der Waals surface area contributed by atoms with E-state index in [2.05, 4.69) is 4.90 Å². The highest BCUT2D eigenvalue weighted by Crippen LogP contribution is 2.42. The van der Waals surface area contributed by atoms with Crippen molar-refractivity contribution in [3.05, 3.63) is 0 Å². The first-order valence-corrected chi connectivity index (χ1v) is 7.66. The third-order valence-corrected chi connectivity index (χ3v) is 4.91. The molecule has 2 rings (SSSR count). The number of nitrogens with zero attached hydrogens (tertiary/aromatic N) is 1. The van der Waals surface area contributed by atoms with Crippen molar-refractivity contribution in [2.24, 2.45) is 17.1 Å². The number of amides is 1. The maximum absolute atomic E-state index is 12.3. The van der Waals surface area contributed by atoms with Crippen LogP contribution in [0.1, 0.15) is 58.3 Å². The van der Waals surface area contributed by atoms with E-state index < -0.39 is 0 Å². The zero-order chi connectivity index (χ0) is 13.0. The second-order valence-corrected chi connectivity index (χ2v) is 6.41. The molecule has 1 aliphatic carbocycles. The van der Waals surface area contributed by atoms with E-state index in [-0.39, 0.29) is 11.8 Å². The van der Waals surface area contributed by atoms with Crippen LogP contribution in [0.5, 0.6) is 0 Å². The van der Waals surface area contributed by atoms with Crippen molar-refractivity contribution in [1.29, 1.82) is 0 Å². The van der Waals surface area contributed by atoms with Crippen molar-refractivity contribution < 1.29 is 4.79 Å². The lowest BCUT2D eigenvalue weighted by atomic mass is 9.74. The molecular formula is C15H28N2O. The second kappa shape index (κ2) is 6.05. The van der Waals surface area contributed by atoms with Crippen LogP contribution in [-0.2, 0) is 4.79 Å². The van der Waals surface area contributed by atoms with Crippen LogP contribution in [0.15, 0.2) is 0 Å². The zero-order valence-corrected chi connectivity index (χ0v) is 11.8. The third-order valence-electron chi connectivity index (χ3n) is 4.91. The molecule has 104 valence electrons. The van der Waals surface area contributed by atoms with Crippen molar-refractivity contribution in [2.45, 2.75) is 58.3 Å². The lowest BCUT2D eigenvalue weighted by Gasteiger charge is -2.43. The maximum Gasteiger partial charge on any atom is 0.226 e. The van der Waals surface area contributed by atoms with Crippen molar-refractivity contribution >= 4 is 5.91 Å². The average Bonchev–Trinajstić information content (AvgIpc) is 2.63. The first kappa shape index (κ1) is 13.9. The van der Waals surface area contributed by atoms with Crippen LogP contribution >= 0.6 is 0 Å². The van der Waals surface area contributed by atoms with Crippen LogP contribution in [0.3, 0.4) is 0 Å². The highest BCUT2D eigenvalue weighted by atomic mass is 16.2. The van der Waals surface area contributed by atoms with Crippen LogP contribution in [0.25, 0.3) is 0 Å². The number of piperidine rings is 1. The highest BCUT2D eigenvalue weighted by molar-refractivity contribution is 5.78. The Morgan fingerprint density at radius 1 is 1.17 bits per heavy atom. The molecular weight excluding hydrogens is 224 g/mol. The summed E-state index contributed by atoms with van der Waals surface area (Å²) >= 11 is 0. The molecule has 2 aliphatic rings. The lowest BCUT2D eigenvalue weighted by Crippen LogP contribution is -2.48. The van der Waals surface area contributed by atoms with Gasteiger partial charge in [0.15, 0.2) is 0 Å². The number of carbonyl (C=O) groups excluding carboxylic acids is 1. The van der Waals surface area contributed by atoms with Crippen molar-refractivity contribution in [2.75, 3.05) is 19.6 Å². The van der Waals surface area contributed by atoms with Gasteiger partial charge in [-0.2, -0.15) is 0 Å². The first-order valence-electron chi connectivity index (χ1n) is 7.66. The van der Waals surface area contributed by atoms with E-state index in [1.54, 1.807) is 0 Å². The Morgan fingerprint density at radius 3 is 2.39 bits per heavy atom.